The third-order valence-corrected chi connectivity index (χ3v) is 6.85. The summed E-state index contributed by atoms with van der Waals surface area (Å²) in [5.41, 5.74) is -0.0298. The van der Waals surface area contributed by atoms with E-state index in [2.05, 4.69) is 5.32 Å². The molecular weight excluding hydrogens is 396 g/mol. The maximum Gasteiger partial charge on any atom is 0.325 e. The molecule has 158 valence electrons. The Bertz CT molecular complexity index is 922. The number of amides is 4. The summed E-state index contributed by atoms with van der Waals surface area (Å²) in [5, 5.41) is 7.90. The Hall–Kier alpha value is -2.46. The van der Waals surface area contributed by atoms with Gasteiger partial charge in [0.25, 0.3) is 5.91 Å². The van der Waals surface area contributed by atoms with Crippen molar-refractivity contribution in [1.82, 2.24) is 15.1 Å². The summed E-state index contributed by atoms with van der Waals surface area (Å²) in [6, 6.07) is 5.26. The fourth-order valence-electron chi connectivity index (χ4n) is 3.96. The molecule has 3 N–H and O–H groups in total. The summed E-state index contributed by atoms with van der Waals surface area (Å²) in [4.78, 5) is 40.1. The number of nitrogens with two attached hydrogens (primary N) is 1. The van der Waals surface area contributed by atoms with Crippen LogP contribution < -0.4 is 10.5 Å². The quantitative estimate of drug-likeness (QED) is 0.663. The lowest BCUT2D eigenvalue weighted by Crippen LogP contribution is -2.44. The van der Waals surface area contributed by atoms with E-state index in [1.165, 1.54) is 17.0 Å². The minimum absolute atomic E-state index is 0.00169. The lowest BCUT2D eigenvalue weighted by Gasteiger charge is -2.26. The molecule has 1 unspecified atom stereocenters. The van der Waals surface area contributed by atoms with Crippen molar-refractivity contribution in [2.24, 2.45) is 5.14 Å². The highest BCUT2D eigenvalue weighted by molar-refractivity contribution is 7.89. The molecule has 1 aliphatic carbocycles. The van der Waals surface area contributed by atoms with Crippen molar-refractivity contribution in [3.05, 3.63) is 29.8 Å². The zero-order valence-electron chi connectivity index (χ0n) is 16.6. The summed E-state index contributed by atoms with van der Waals surface area (Å²) >= 11 is 0. The molecule has 1 heterocycles. The van der Waals surface area contributed by atoms with Crippen LogP contribution in [0.3, 0.4) is 0 Å². The highest BCUT2D eigenvalue weighted by Crippen LogP contribution is 2.35. The van der Waals surface area contributed by atoms with Gasteiger partial charge in [-0.25, -0.2) is 18.4 Å². The second kappa shape index (κ2) is 7.75. The average Bonchev–Trinajstić information content (AvgIpc) is 3.23. The first-order valence-corrected chi connectivity index (χ1v) is 11.1. The molecule has 1 saturated carbocycles. The van der Waals surface area contributed by atoms with Crippen molar-refractivity contribution >= 4 is 27.9 Å². The van der Waals surface area contributed by atoms with Crippen LogP contribution in [-0.2, 0) is 19.6 Å². The van der Waals surface area contributed by atoms with Crippen LogP contribution in [0.1, 0.15) is 50.6 Å². The summed E-state index contributed by atoms with van der Waals surface area (Å²) in [6.45, 7) is 1.84. The first-order chi connectivity index (χ1) is 13.5. The molecule has 1 spiro atoms. The smallest absolute Gasteiger partial charge is 0.325 e. The molecule has 1 atom stereocenters. The van der Waals surface area contributed by atoms with Crippen LogP contribution in [0.4, 0.5) is 4.79 Å². The minimum Gasteiger partial charge on any atom is -0.339 e. The lowest BCUT2D eigenvalue weighted by molar-refractivity contribution is -0.134. The molecule has 0 bridgehead atoms. The van der Waals surface area contributed by atoms with Crippen LogP contribution in [0.25, 0.3) is 0 Å². The van der Waals surface area contributed by atoms with Gasteiger partial charge in [0.05, 0.1) is 10.9 Å². The zero-order valence-corrected chi connectivity index (χ0v) is 17.4. The molecular formula is C19H26N4O5S. The Morgan fingerprint density at radius 1 is 1.24 bits per heavy atom. The van der Waals surface area contributed by atoms with Gasteiger partial charge in [-0.05, 0) is 37.5 Å². The Morgan fingerprint density at radius 2 is 1.83 bits per heavy atom. The van der Waals surface area contributed by atoms with Crippen molar-refractivity contribution in [2.75, 3.05) is 13.6 Å². The number of carbonyl (C=O) groups excluding carboxylic acids is 3. The Kier molecular flexibility index (Phi) is 5.68. The summed E-state index contributed by atoms with van der Waals surface area (Å²) in [6.07, 6.45) is 3.12. The lowest BCUT2D eigenvalue weighted by atomic mass is 9.98. The number of carbonyl (C=O) groups is 3. The highest BCUT2D eigenvalue weighted by atomic mass is 32.2. The van der Waals surface area contributed by atoms with E-state index in [0.717, 1.165) is 23.3 Å². The van der Waals surface area contributed by atoms with Crippen molar-refractivity contribution in [3.8, 4) is 0 Å². The molecule has 0 radical (unpaired) electrons. The van der Waals surface area contributed by atoms with Crippen LogP contribution in [0.5, 0.6) is 0 Å². The van der Waals surface area contributed by atoms with Gasteiger partial charge in [-0.1, -0.05) is 25.0 Å². The Labute approximate surface area is 170 Å². The van der Waals surface area contributed by atoms with Gasteiger partial charge in [-0.2, -0.15) is 0 Å². The number of benzene rings is 1. The van der Waals surface area contributed by atoms with E-state index in [0.29, 0.717) is 12.8 Å². The molecule has 0 aromatic heterocycles. The van der Waals surface area contributed by atoms with Gasteiger partial charge in [0.2, 0.25) is 15.9 Å². The van der Waals surface area contributed by atoms with E-state index in [-0.39, 0.29) is 35.7 Å². The standard InChI is InChI=1S/C19H26N4O5S/c1-13(14-5-7-15(8-6-14)29(20,27)28)22(2)16(24)9-12-23-17(25)19(21-18(23)26)10-3-4-11-19/h5-8,13H,3-4,9-12H2,1-2H3,(H,21,26)(H2,20,27,28). The number of primary sulfonamides is 1. The second-order valence-corrected chi connectivity index (χ2v) is 9.28. The summed E-state index contributed by atoms with van der Waals surface area (Å²) in [5.74, 6) is -0.455. The van der Waals surface area contributed by atoms with Crippen LogP contribution in [0.2, 0.25) is 0 Å². The van der Waals surface area contributed by atoms with Crippen molar-refractivity contribution in [1.29, 1.82) is 0 Å². The van der Waals surface area contributed by atoms with Gasteiger partial charge in [0, 0.05) is 20.0 Å². The molecule has 3 rings (SSSR count). The van der Waals surface area contributed by atoms with Crippen molar-refractivity contribution < 1.29 is 22.8 Å². The molecule has 2 fully saturated rings. The number of urea groups is 1. The first-order valence-electron chi connectivity index (χ1n) is 9.58. The van der Waals surface area contributed by atoms with Crippen LogP contribution in [0.15, 0.2) is 29.2 Å². The number of nitrogens with zero attached hydrogens (tertiary/aromatic N) is 2. The number of sulfonamides is 1. The predicted octanol–water partition coefficient (Wildman–Crippen LogP) is 1.11. The van der Waals surface area contributed by atoms with Gasteiger partial charge >= 0.3 is 6.03 Å². The Balaban J connectivity index is 1.60. The third-order valence-electron chi connectivity index (χ3n) is 5.92. The highest BCUT2D eigenvalue weighted by Gasteiger charge is 2.52. The maximum atomic E-state index is 12.6. The van der Waals surface area contributed by atoms with Gasteiger partial charge in [-0.3, -0.25) is 14.5 Å². The molecule has 2 aliphatic rings. The van der Waals surface area contributed by atoms with Gasteiger partial charge < -0.3 is 10.2 Å². The summed E-state index contributed by atoms with van der Waals surface area (Å²) in [7, 11) is -2.15. The first kappa shape index (κ1) is 21.3. The van der Waals surface area contributed by atoms with E-state index in [1.54, 1.807) is 19.2 Å². The van der Waals surface area contributed by atoms with E-state index in [9.17, 15) is 22.8 Å². The van der Waals surface area contributed by atoms with Crippen LogP contribution in [-0.4, -0.2) is 55.2 Å². The summed E-state index contributed by atoms with van der Waals surface area (Å²) < 4.78 is 22.7. The molecule has 1 aromatic rings. The molecule has 1 aliphatic heterocycles. The number of nitrogens with one attached hydrogen (secondary N) is 1. The monoisotopic (exact) mass is 422 g/mol. The topological polar surface area (TPSA) is 130 Å². The molecule has 1 saturated heterocycles. The number of hydrogen-bond donors (Lipinski definition) is 2. The minimum atomic E-state index is -3.78. The average molecular weight is 423 g/mol. The second-order valence-electron chi connectivity index (χ2n) is 7.72. The number of hydrogen-bond acceptors (Lipinski definition) is 5. The fraction of sp³-hybridized carbons (Fsp3) is 0.526. The third kappa shape index (κ3) is 4.13. The van der Waals surface area contributed by atoms with Gasteiger partial charge in [0.15, 0.2) is 0 Å². The van der Waals surface area contributed by atoms with Gasteiger partial charge in [0.1, 0.15) is 5.54 Å². The zero-order chi connectivity index (χ0) is 21.4. The van der Waals surface area contributed by atoms with E-state index in [1.807, 2.05) is 6.92 Å². The molecule has 1 aromatic carbocycles. The molecule has 4 amide bonds. The number of imide groups is 1. The normalized spacial score (nSPS) is 19.5. The SMILES string of the molecule is CC(c1ccc(S(N)(=O)=O)cc1)N(C)C(=O)CCN1C(=O)NC2(CCCC2)C1=O. The molecule has 29 heavy (non-hydrogen) atoms. The Morgan fingerprint density at radius 3 is 2.38 bits per heavy atom. The van der Waals surface area contributed by atoms with Crippen LogP contribution in [0, 0.1) is 0 Å². The fourth-order valence-corrected chi connectivity index (χ4v) is 4.47. The van der Waals surface area contributed by atoms with E-state index < -0.39 is 21.6 Å². The largest absolute Gasteiger partial charge is 0.339 e. The van der Waals surface area contributed by atoms with Crippen molar-refractivity contribution in [2.45, 2.75) is 55.5 Å². The molecule has 10 heteroatoms. The molecule has 9 nitrogen and oxygen atoms in total. The maximum absolute atomic E-state index is 12.6. The predicted molar refractivity (Wildman–Crippen MR) is 105 cm³/mol. The van der Waals surface area contributed by atoms with Gasteiger partial charge in [-0.15, -0.1) is 0 Å². The van der Waals surface area contributed by atoms with Crippen molar-refractivity contribution in [3.63, 3.8) is 0 Å². The van der Waals surface area contributed by atoms with E-state index in [4.69, 9.17) is 5.14 Å². The van der Waals surface area contributed by atoms with Crippen LogP contribution >= 0.6 is 0 Å². The number of rotatable bonds is 6. The van der Waals surface area contributed by atoms with E-state index >= 15 is 0 Å².